The fourth-order valence-electron chi connectivity index (χ4n) is 3.76. The van der Waals surface area contributed by atoms with Crippen LogP contribution in [-0.4, -0.2) is 21.8 Å². The van der Waals surface area contributed by atoms with E-state index >= 15 is 0 Å². The fraction of sp³-hybridized carbons (Fsp3) is 0.179. The molecule has 0 saturated carbocycles. The standard InChI is InChI=1S/C28H27N3O3/c1-4-31-28(33)25(27(32)29-22-15-17-23(18-16-22)34-19(2)3)24(20-11-7-5-8-12-20)26(30-31)21-13-9-6-10-14-21/h5-19H,4H2,1-3H3,(H,29,32). The largest absolute Gasteiger partial charge is 0.491 e. The zero-order chi connectivity index (χ0) is 24.1. The Kier molecular flexibility index (Phi) is 6.87. The molecule has 0 atom stereocenters. The number of nitrogens with zero attached hydrogens (tertiary/aromatic N) is 2. The minimum Gasteiger partial charge on any atom is -0.491 e. The fourth-order valence-corrected chi connectivity index (χ4v) is 3.76. The number of aromatic nitrogens is 2. The van der Waals surface area contributed by atoms with Crippen LogP contribution in [0.4, 0.5) is 5.69 Å². The van der Waals surface area contributed by atoms with Gasteiger partial charge in [0.15, 0.2) is 0 Å². The monoisotopic (exact) mass is 453 g/mol. The molecule has 1 N–H and O–H groups in total. The van der Waals surface area contributed by atoms with Crippen molar-refractivity contribution in [1.82, 2.24) is 9.78 Å². The van der Waals surface area contributed by atoms with E-state index in [1.165, 1.54) is 4.68 Å². The van der Waals surface area contributed by atoms with Gasteiger partial charge in [0.2, 0.25) is 0 Å². The molecule has 0 unspecified atom stereocenters. The molecule has 4 rings (SSSR count). The van der Waals surface area contributed by atoms with Gasteiger partial charge in [0, 0.05) is 23.4 Å². The number of aryl methyl sites for hydroxylation is 1. The van der Waals surface area contributed by atoms with E-state index in [1.54, 1.807) is 24.3 Å². The SMILES string of the molecule is CCn1nc(-c2ccccc2)c(-c2ccccc2)c(C(=O)Nc2ccc(OC(C)C)cc2)c1=O. The lowest BCUT2D eigenvalue weighted by molar-refractivity contribution is 0.102. The molecule has 0 fully saturated rings. The number of hydrogen-bond acceptors (Lipinski definition) is 4. The van der Waals surface area contributed by atoms with Crippen molar-refractivity contribution in [2.75, 3.05) is 5.32 Å². The lowest BCUT2D eigenvalue weighted by Gasteiger charge is -2.17. The van der Waals surface area contributed by atoms with Crippen LogP contribution in [0.15, 0.2) is 89.7 Å². The number of benzene rings is 3. The number of hydrogen-bond donors (Lipinski definition) is 1. The van der Waals surface area contributed by atoms with Crippen LogP contribution >= 0.6 is 0 Å². The summed E-state index contributed by atoms with van der Waals surface area (Å²) in [7, 11) is 0. The van der Waals surface area contributed by atoms with Crippen molar-refractivity contribution in [3.8, 4) is 28.1 Å². The minimum absolute atomic E-state index is 0.0506. The second kappa shape index (κ2) is 10.2. The molecule has 0 aliphatic heterocycles. The molecular weight excluding hydrogens is 426 g/mol. The van der Waals surface area contributed by atoms with Crippen molar-refractivity contribution in [2.45, 2.75) is 33.4 Å². The number of rotatable bonds is 7. The highest BCUT2D eigenvalue weighted by Gasteiger charge is 2.25. The number of amides is 1. The lowest BCUT2D eigenvalue weighted by atomic mass is 9.95. The molecule has 0 aliphatic carbocycles. The number of ether oxygens (including phenoxy) is 1. The Balaban J connectivity index is 1.85. The Morgan fingerprint density at radius 2 is 1.50 bits per heavy atom. The van der Waals surface area contributed by atoms with E-state index in [0.717, 1.165) is 11.1 Å². The van der Waals surface area contributed by atoms with E-state index in [-0.39, 0.29) is 11.7 Å². The van der Waals surface area contributed by atoms with Gasteiger partial charge >= 0.3 is 0 Å². The molecule has 0 aliphatic rings. The van der Waals surface area contributed by atoms with Gasteiger partial charge in [0.1, 0.15) is 11.3 Å². The predicted octanol–water partition coefficient (Wildman–Crippen LogP) is 5.64. The average molecular weight is 454 g/mol. The maximum atomic E-state index is 13.6. The Hall–Kier alpha value is -4.19. The molecule has 3 aromatic carbocycles. The van der Waals surface area contributed by atoms with Gasteiger partial charge in [0.05, 0.1) is 11.8 Å². The summed E-state index contributed by atoms with van der Waals surface area (Å²) in [5.74, 6) is 0.227. The highest BCUT2D eigenvalue weighted by atomic mass is 16.5. The second-order valence-corrected chi connectivity index (χ2v) is 8.10. The van der Waals surface area contributed by atoms with Crippen LogP contribution in [0.5, 0.6) is 5.75 Å². The molecular formula is C28H27N3O3. The van der Waals surface area contributed by atoms with Gasteiger partial charge in [-0.3, -0.25) is 9.59 Å². The maximum Gasteiger partial charge on any atom is 0.280 e. The first-order valence-electron chi connectivity index (χ1n) is 11.3. The molecule has 0 bridgehead atoms. The summed E-state index contributed by atoms with van der Waals surface area (Å²) in [5.41, 5.74) is 2.87. The van der Waals surface area contributed by atoms with Crippen LogP contribution in [0.2, 0.25) is 0 Å². The third kappa shape index (κ3) is 4.91. The van der Waals surface area contributed by atoms with Gasteiger partial charge in [-0.1, -0.05) is 60.7 Å². The van der Waals surface area contributed by atoms with Crippen molar-refractivity contribution in [3.63, 3.8) is 0 Å². The predicted molar refractivity (Wildman–Crippen MR) is 135 cm³/mol. The quantitative estimate of drug-likeness (QED) is 0.393. The van der Waals surface area contributed by atoms with Gasteiger partial charge < -0.3 is 10.1 Å². The summed E-state index contributed by atoms with van der Waals surface area (Å²) >= 11 is 0. The average Bonchev–Trinajstić information content (AvgIpc) is 2.85. The van der Waals surface area contributed by atoms with Gasteiger partial charge in [-0.05, 0) is 50.6 Å². The number of anilines is 1. The van der Waals surface area contributed by atoms with E-state index in [9.17, 15) is 9.59 Å². The van der Waals surface area contributed by atoms with E-state index in [0.29, 0.717) is 29.2 Å². The van der Waals surface area contributed by atoms with Gasteiger partial charge in [0.25, 0.3) is 11.5 Å². The first-order chi connectivity index (χ1) is 16.5. The second-order valence-electron chi connectivity index (χ2n) is 8.10. The summed E-state index contributed by atoms with van der Waals surface area (Å²) < 4.78 is 7.01. The highest BCUT2D eigenvalue weighted by Crippen LogP contribution is 2.32. The minimum atomic E-state index is -0.483. The third-order valence-electron chi connectivity index (χ3n) is 5.28. The zero-order valence-electron chi connectivity index (χ0n) is 19.5. The molecule has 172 valence electrons. The Labute approximate surface area is 198 Å². The smallest absolute Gasteiger partial charge is 0.280 e. The van der Waals surface area contributed by atoms with Gasteiger partial charge in [-0.2, -0.15) is 5.10 Å². The topological polar surface area (TPSA) is 73.2 Å². The maximum absolute atomic E-state index is 13.6. The Morgan fingerprint density at radius 1 is 0.912 bits per heavy atom. The van der Waals surface area contributed by atoms with E-state index in [1.807, 2.05) is 81.4 Å². The first-order valence-corrected chi connectivity index (χ1v) is 11.3. The van der Waals surface area contributed by atoms with Crippen molar-refractivity contribution < 1.29 is 9.53 Å². The molecule has 0 saturated heterocycles. The van der Waals surface area contributed by atoms with Gasteiger partial charge in [-0.15, -0.1) is 0 Å². The molecule has 6 nitrogen and oxygen atoms in total. The summed E-state index contributed by atoms with van der Waals surface area (Å²) in [4.78, 5) is 27.0. The summed E-state index contributed by atoms with van der Waals surface area (Å²) in [6.07, 6.45) is 0.0506. The van der Waals surface area contributed by atoms with Crippen molar-refractivity contribution in [1.29, 1.82) is 0 Å². The van der Waals surface area contributed by atoms with Crippen LogP contribution < -0.4 is 15.6 Å². The number of nitrogens with one attached hydrogen (secondary N) is 1. The zero-order valence-corrected chi connectivity index (χ0v) is 19.5. The summed E-state index contributed by atoms with van der Waals surface area (Å²) in [5, 5.41) is 7.52. The van der Waals surface area contributed by atoms with E-state index < -0.39 is 11.5 Å². The Morgan fingerprint density at radius 3 is 2.06 bits per heavy atom. The molecule has 1 amide bonds. The van der Waals surface area contributed by atoms with Gasteiger partial charge in [-0.25, -0.2) is 4.68 Å². The van der Waals surface area contributed by atoms with Crippen LogP contribution in [0.25, 0.3) is 22.4 Å². The normalized spacial score (nSPS) is 10.8. The molecule has 0 spiro atoms. The summed E-state index contributed by atoms with van der Waals surface area (Å²) in [6.45, 7) is 6.08. The van der Waals surface area contributed by atoms with E-state index in [4.69, 9.17) is 4.74 Å². The van der Waals surface area contributed by atoms with Crippen molar-refractivity contribution >= 4 is 11.6 Å². The highest BCUT2D eigenvalue weighted by molar-refractivity contribution is 6.10. The number of carbonyl (C=O) groups is 1. The number of carbonyl (C=O) groups excluding carboxylic acids is 1. The molecule has 4 aromatic rings. The molecule has 34 heavy (non-hydrogen) atoms. The van der Waals surface area contributed by atoms with Crippen LogP contribution in [0.1, 0.15) is 31.1 Å². The third-order valence-corrected chi connectivity index (χ3v) is 5.28. The molecule has 6 heteroatoms. The molecule has 1 heterocycles. The first kappa shape index (κ1) is 23.0. The van der Waals surface area contributed by atoms with E-state index in [2.05, 4.69) is 10.4 Å². The van der Waals surface area contributed by atoms with Crippen LogP contribution in [-0.2, 0) is 6.54 Å². The Bertz CT molecular complexity index is 1330. The van der Waals surface area contributed by atoms with Crippen molar-refractivity contribution in [3.05, 3.63) is 101 Å². The molecule has 1 aromatic heterocycles. The molecule has 0 radical (unpaired) electrons. The lowest BCUT2D eigenvalue weighted by Crippen LogP contribution is -2.32. The summed E-state index contributed by atoms with van der Waals surface area (Å²) in [6, 6.07) is 26.1. The van der Waals surface area contributed by atoms with Crippen molar-refractivity contribution in [2.24, 2.45) is 0 Å². The van der Waals surface area contributed by atoms with Crippen LogP contribution in [0, 0.1) is 0 Å². The van der Waals surface area contributed by atoms with Crippen LogP contribution in [0.3, 0.4) is 0 Å².